The summed E-state index contributed by atoms with van der Waals surface area (Å²) >= 11 is 0. The molecule has 0 bridgehead atoms. The summed E-state index contributed by atoms with van der Waals surface area (Å²) in [5.41, 5.74) is 1.95. The first kappa shape index (κ1) is 21.8. The second-order valence-corrected chi connectivity index (χ2v) is 7.93. The molecule has 1 aliphatic heterocycles. The molecule has 0 aromatic heterocycles. The van der Waals surface area contributed by atoms with Crippen molar-refractivity contribution < 1.29 is 19.4 Å². The minimum Gasteiger partial charge on any atom is -0.507 e. The van der Waals surface area contributed by atoms with E-state index in [1.54, 1.807) is 60.7 Å². The molecule has 4 rings (SSSR count). The Morgan fingerprint density at radius 3 is 2.33 bits per heavy atom. The van der Waals surface area contributed by atoms with Crippen molar-refractivity contribution >= 4 is 23.1 Å². The van der Waals surface area contributed by atoms with Crippen LogP contribution < -0.4 is 9.64 Å². The lowest BCUT2D eigenvalue weighted by Gasteiger charge is -2.25. The summed E-state index contributed by atoms with van der Waals surface area (Å²) in [5.74, 6) is -1.25. The second kappa shape index (κ2) is 9.01. The van der Waals surface area contributed by atoms with E-state index in [0.29, 0.717) is 28.1 Å². The molecule has 0 saturated carbocycles. The molecule has 1 unspecified atom stereocenters. The van der Waals surface area contributed by atoms with Gasteiger partial charge in [0.25, 0.3) is 11.7 Å². The van der Waals surface area contributed by atoms with Gasteiger partial charge in [-0.25, -0.2) is 0 Å². The van der Waals surface area contributed by atoms with Crippen LogP contribution in [0.5, 0.6) is 5.75 Å². The predicted octanol–water partition coefficient (Wildman–Crippen LogP) is 4.97. The number of rotatable bonds is 5. The SMILES string of the molecule is CC(C)Oc1cccc(/C(O)=C2/C(=O)C(=O)N(c3ccc(C#N)cc3)C2c2ccccc2)c1. The van der Waals surface area contributed by atoms with Crippen LogP contribution >= 0.6 is 0 Å². The molecular formula is C27H22N2O4. The van der Waals surface area contributed by atoms with Crippen LogP contribution in [-0.4, -0.2) is 22.9 Å². The molecule has 1 saturated heterocycles. The Morgan fingerprint density at radius 2 is 1.70 bits per heavy atom. The van der Waals surface area contributed by atoms with E-state index in [4.69, 9.17) is 10.00 Å². The van der Waals surface area contributed by atoms with Gasteiger partial charge in [-0.05, 0) is 55.8 Å². The first-order valence-corrected chi connectivity index (χ1v) is 10.5. The molecule has 0 radical (unpaired) electrons. The first-order chi connectivity index (χ1) is 15.9. The van der Waals surface area contributed by atoms with Crippen LogP contribution in [-0.2, 0) is 9.59 Å². The average molecular weight is 438 g/mol. The standard InChI is InChI=1S/C27H22N2O4/c1-17(2)33-22-10-6-9-20(15-22)25(30)23-24(19-7-4-3-5-8-19)29(27(32)26(23)31)21-13-11-18(16-28)12-14-21/h3-15,17,24,30H,1-2H3/b25-23-. The van der Waals surface area contributed by atoms with Gasteiger partial charge in [0.2, 0.25) is 0 Å². The van der Waals surface area contributed by atoms with Crippen molar-refractivity contribution in [3.05, 3.63) is 101 Å². The molecule has 1 heterocycles. The van der Waals surface area contributed by atoms with Gasteiger partial charge in [0, 0.05) is 11.3 Å². The monoisotopic (exact) mass is 438 g/mol. The Balaban J connectivity index is 1.88. The van der Waals surface area contributed by atoms with Crippen LogP contribution in [0.4, 0.5) is 5.69 Å². The summed E-state index contributed by atoms with van der Waals surface area (Å²) in [4.78, 5) is 27.7. The fraction of sp³-hybridized carbons (Fsp3) is 0.148. The van der Waals surface area contributed by atoms with Gasteiger partial charge in [-0.1, -0.05) is 42.5 Å². The van der Waals surface area contributed by atoms with Crippen molar-refractivity contribution in [2.75, 3.05) is 4.90 Å². The zero-order valence-electron chi connectivity index (χ0n) is 18.2. The number of Topliss-reactive ketones (excluding diaryl/α,β-unsaturated/α-hetero) is 1. The number of carbonyl (C=O) groups is 2. The maximum atomic E-state index is 13.2. The molecule has 6 nitrogen and oxygen atoms in total. The van der Waals surface area contributed by atoms with Gasteiger partial charge in [0.15, 0.2) is 0 Å². The Hall–Kier alpha value is -4.37. The average Bonchev–Trinajstić information content (AvgIpc) is 3.09. The predicted molar refractivity (Wildman–Crippen MR) is 125 cm³/mol. The lowest BCUT2D eigenvalue weighted by molar-refractivity contribution is -0.132. The van der Waals surface area contributed by atoms with Gasteiger partial charge in [0.1, 0.15) is 11.5 Å². The fourth-order valence-electron chi connectivity index (χ4n) is 3.89. The molecule has 6 heteroatoms. The maximum absolute atomic E-state index is 13.2. The van der Waals surface area contributed by atoms with E-state index in [0.717, 1.165) is 0 Å². The smallest absolute Gasteiger partial charge is 0.300 e. The number of anilines is 1. The lowest BCUT2D eigenvalue weighted by Crippen LogP contribution is -2.29. The number of carbonyl (C=O) groups excluding carboxylic acids is 2. The van der Waals surface area contributed by atoms with Gasteiger partial charge < -0.3 is 9.84 Å². The highest BCUT2D eigenvalue weighted by molar-refractivity contribution is 6.51. The quantitative estimate of drug-likeness (QED) is 0.345. The molecule has 1 N–H and O–H groups in total. The van der Waals surface area contributed by atoms with E-state index < -0.39 is 17.7 Å². The molecule has 164 valence electrons. The van der Waals surface area contributed by atoms with Crippen LogP contribution in [0, 0.1) is 11.3 Å². The summed E-state index contributed by atoms with van der Waals surface area (Å²) in [6.45, 7) is 3.79. The molecule has 3 aromatic rings. The minimum atomic E-state index is -0.825. The molecule has 1 aliphatic rings. The van der Waals surface area contributed by atoms with Gasteiger partial charge in [0.05, 0.1) is 29.4 Å². The summed E-state index contributed by atoms with van der Waals surface area (Å²) in [7, 11) is 0. The Bertz CT molecular complexity index is 1270. The number of nitrogens with zero attached hydrogens (tertiary/aromatic N) is 2. The van der Waals surface area contributed by atoms with Crippen molar-refractivity contribution in [3.8, 4) is 11.8 Å². The van der Waals surface area contributed by atoms with Crippen LogP contribution in [0.25, 0.3) is 5.76 Å². The van der Waals surface area contributed by atoms with Crippen molar-refractivity contribution in [2.24, 2.45) is 0 Å². The maximum Gasteiger partial charge on any atom is 0.300 e. The zero-order valence-corrected chi connectivity index (χ0v) is 18.2. The van der Waals surface area contributed by atoms with Crippen molar-refractivity contribution in [2.45, 2.75) is 26.0 Å². The summed E-state index contributed by atoms with van der Waals surface area (Å²) < 4.78 is 5.72. The largest absolute Gasteiger partial charge is 0.507 e. The van der Waals surface area contributed by atoms with Crippen molar-refractivity contribution in [3.63, 3.8) is 0 Å². The van der Waals surface area contributed by atoms with Crippen LogP contribution in [0.2, 0.25) is 0 Å². The highest BCUT2D eigenvalue weighted by Gasteiger charge is 2.46. The summed E-state index contributed by atoms with van der Waals surface area (Å²) in [6.07, 6.45) is -0.0614. The summed E-state index contributed by atoms with van der Waals surface area (Å²) in [6, 6.07) is 23.5. The molecule has 0 spiro atoms. The van der Waals surface area contributed by atoms with Gasteiger partial charge >= 0.3 is 0 Å². The number of amides is 1. The molecule has 0 aliphatic carbocycles. The number of benzene rings is 3. The molecule has 1 atom stereocenters. The normalized spacial score (nSPS) is 17.3. The molecular weight excluding hydrogens is 416 g/mol. The Labute approximate surface area is 192 Å². The highest BCUT2D eigenvalue weighted by atomic mass is 16.5. The van der Waals surface area contributed by atoms with Gasteiger partial charge in [-0.15, -0.1) is 0 Å². The number of hydrogen-bond donors (Lipinski definition) is 1. The van der Waals surface area contributed by atoms with Crippen LogP contribution in [0.3, 0.4) is 0 Å². The van der Waals surface area contributed by atoms with E-state index in [-0.39, 0.29) is 17.4 Å². The van der Waals surface area contributed by atoms with Crippen LogP contribution in [0.15, 0.2) is 84.4 Å². The Morgan fingerprint density at radius 1 is 1.00 bits per heavy atom. The van der Waals surface area contributed by atoms with E-state index >= 15 is 0 Å². The van der Waals surface area contributed by atoms with E-state index in [1.807, 2.05) is 38.1 Å². The fourth-order valence-corrected chi connectivity index (χ4v) is 3.89. The third-order valence-electron chi connectivity index (χ3n) is 5.31. The van der Waals surface area contributed by atoms with Crippen molar-refractivity contribution in [1.29, 1.82) is 5.26 Å². The lowest BCUT2D eigenvalue weighted by atomic mass is 9.95. The molecule has 1 fully saturated rings. The minimum absolute atomic E-state index is 0.00254. The summed E-state index contributed by atoms with van der Waals surface area (Å²) in [5, 5.41) is 20.3. The zero-order chi connectivity index (χ0) is 23.5. The van der Waals surface area contributed by atoms with E-state index in [1.165, 1.54) is 4.90 Å². The van der Waals surface area contributed by atoms with E-state index in [2.05, 4.69) is 0 Å². The molecule has 3 aromatic carbocycles. The molecule has 33 heavy (non-hydrogen) atoms. The van der Waals surface area contributed by atoms with Crippen LogP contribution in [0.1, 0.15) is 36.6 Å². The number of aliphatic hydroxyl groups is 1. The molecule has 1 amide bonds. The number of nitriles is 1. The third-order valence-corrected chi connectivity index (χ3v) is 5.31. The number of ether oxygens (including phenoxy) is 1. The first-order valence-electron chi connectivity index (χ1n) is 10.5. The van der Waals surface area contributed by atoms with Crippen molar-refractivity contribution in [1.82, 2.24) is 0 Å². The third kappa shape index (κ3) is 4.21. The number of hydrogen-bond acceptors (Lipinski definition) is 5. The highest BCUT2D eigenvalue weighted by Crippen LogP contribution is 2.42. The van der Waals surface area contributed by atoms with Gasteiger partial charge in [-0.2, -0.15) is 5.26 Å². The van der Waals surface area contributed by atoms with Gasteiger partial charge in [-0.3, -0.25) is 14.5 Å². The number of ketones is 1. The van der Waals surface area contributed by atoms with E-state index in [9.17, 15) is 14.7 Å². The topological polar surface area (TPSA) is 90.6 Å². The Kier molecular flexibility index (Phi) is 5.97. The number of aliphatic hydroxyl groups excluding tert-OH is 1. The second-order valence-electron chi connectivity index (χ2n) is 7.93.